The number of rotatable bonds is 6. The average Bonchev–Trinajstić information content (AvgIpc) is 2.29. The molecule has 0 saturated heterocycles. The van der Waals surface area contributed by atoms with Crippen molar-refractivity contribution in [2.45, 2.75) is 31.5 Å². The highest BCUT2D eigenvalue weighted by Gasteiger charge is 2.09. The van der Waals surface area contributed by atoms with Crippen molar-refractivity contribution in [1.29, 1.82) is 0 Å². The van der Waals surface area contributed by atoms with E-state index in [-0.39, 0.29) is 11.7 Å². The summed E-state index contributed by atoms with van der Waals surface area (Å²) >= 11 is 3.54. The van der Waals surface area contributed by atoms with Crippen molar-refractivity contribution in [1.82, 2.24) is 5.32 Å². The molecular formula is C14H19BrFNO. The summed E-state index contributed by atoms with van der Waals surface area (Å²) in [7, 11) is 0. The first-order valence-corrected chi connectivity index (χ1v) is 7.04. The van der Waals surface area contributed by atoms with E-state index in [0.717, 1.165) is 12.0 Å². The molecule has 1 aromatic carbocycles. The molecule has 1 unspecified atom stereocenters. The number of alkyl halides is 1. The molecule has 0 aliphatic carbocycles. The van der Waals surface area contributed by atoms with Gasteiger partial charge >= 0.3 is 0 Å². The summed E-state index contributed by atoms with van der Waals surface area (Å²) in [5.41, 5.74) is 0.823. The van der Waals surface area contributed by atoms with E-state index < -0.39 is 0 Å². The highest BCUT2D eigenvalue weighted by molar-refractivity contribution is 9.09. The van der Waals surface area contributed by atoms with Gasteiger partial charge in [-0.25, -0.2) is 4.39 Å². The minimum absolute atomic E-state index is 0.0326. The van der Waals surface area contributed by atoms with E-state index in [1.54, 1.807) is 12.1 Å². The Morgan fingerprint density at radius 3 is 2.50 bits per heavy atom. The Kier molecular flexibility index (Phi) is 6.33. The Morgan fingerprint density at radius 2 is 1.94 bits per heavy atom. The predicted octanol–water partition coefficient (Wildman–Crippen LogP) is 3.29. The van der Waals surface area contributed by atoms with Gasteiger partial charge in [-0.1, -0.05) is 41.9 Å². The smallest absolute Gasteiger partial charge is 0.224 e. The molecule has 2 nitrogen and oxygen atoms in total. The molecule has 0 aliphatic heterocycles. The van der Waals surface area contributed by atoms with E-state index >= 15 is 0 Å². The second kappa shape index (κ2) is 7.52. The van der Waals surface area contributed by atoms with Gasteiger partial charge in [0, 0.05) is 11.4 Å². The number of hydrogen-bond acceptors (Lipinski definition) is 1. The van der Waals surface area contributed by atoms with Crippen molar-refractivity contribution in [3.63, 3.8) is 0 Å². The van der Waals surface area contributed by atoms with Crippen LogP contribution in [-0.4, -0.2) is 17.3 Å². The summed E-state index contributed by atoms with van der Waals surface area (Å²) in [6.07, 6.45) is 1.32. The first-order chi connectivity index (χ1) is 8.47. The molecule has 18 heavy (non-hydrogen) atoms. The quantitative estimate of drug-likeness (QED) is 0.802. The zero-order valence-electron chi connectivity index (χ0n) is 10.7. The zero-order valence-corrected chi connectivity index (χ0v) is 12.3. The summed E-state index contributed by atoms with van der Waals surface area (Å²) in [5, 5.41) is 2.87. The molecule has 0 saturated carbocycles. The first kappa shape index (κ1) is 15.2. The third kappa shape index (κ3) is 6.15. The molecule has 0 aliphatic rings. The van der Waals surface area contributed by atoms with Crippen LogP contribution in [0, 0.1) is 11.7 Å². The van der Waals surface area contributed by atoms with Gasteiger partial charge in [-0.15, -0.1) is 0 Å². The van der Waals surface area contributed by atoms with E-state index in [9.17, 15) is 9.18 Å². The van der Waals surface area contributed by atoms with Gasteiger partial charge in [0.1, 0.15) is 5.82 Å². The summed E-state index contributed by atoms with van der Waals surface area (Å²) in [5.74, 6) is 0.287. The van der Waals surface area contributed by atoms with Crippen LogP contribution >= 0.6 is 15.9 Å². The van der Waals surface area contributed by atoms with Crippen molar-refractivity contribution in [3.8, 4) is 0 Å². The van der Waals surface area contributed by atoms with Gasteiger partial charge < -0.3 is 5.32 Å². The minimum Gasteiger partial charge on any atom is -0.355 e. The fourth-order valence-corrected chi connectivity index (χ4v) is 2.58. The number of carbonyl (C=O) groups excluding carboxylic acids is 1. The normalized spacial score (nSPS) is 12.5. The van der Waals surface area contributed by atoms with Gasteiger partial charge in [0.15, 0.2) is 0 Å². The van der Waals surface area contributed by atoms with Gasteiger partial charge in [-0.05, 0) is 30.0 Å². The van der Waals surface area contributed by atoms with Crippen molar-refractivity contribution in [2.24, 2.45) is 5.92 Å². The second-order valence-electron chi connectivity index (χ2n) is 4.83. The molecule has 0 spiro atoms. The lowest BCUT2D eigenvalue weighted by atomic mass is 10.1. The molecule has 0 heterocycles. The summed E-state index contributed by atoms with van der Waals surface area (Å²) in [6, 6.07) is 6.01. The van der Waals surface area contributed by atoms with Crippen LogP contribution in [0.25, 0.3) is 0 Å². The fraction of sp³-hybridized carbons (Fsp3) is 0.500. The van der Waals surface area contributed by atoms with Crippen LogP contribution in [-0.2, 0) is 11.2 Å². The summed E-state index contributed by atoms with van der Waals surface area (Å²) in [4.78, 5) is 12.0. The molecule has 0 aromatic heterocycles. The molecule has 1 amide bonds. The Labute approximate surface area is 116 Å². The topological polar surface area (TPSA) is 29.1 Å². The third-order valence-electron chi connectivity index (χ3n) is 2.53. The fourth-order valence-electron chi connectivity index (χ4n) is 1.67. The van der Waals surface area contributed by atoms with Gasteiger partial charge in [0.2, 0.25) is 5.91 Å². The number of nitrogens with one attached hydrogen (secondary N) is 1. The van der Waals surface area contributed by atoms with Crippen LogP contribution in [0.3, 0.4) is 0 Å². The van der Waals surface area contributed by atoms with E-state index in [1.807, 2.05) is 0 Å². The maximum absolute atomic E-state index is 12.7. The number of amides is 1. The molecule has 100 valence electrons. The Hall–Kier alpha value is -0.900. The number of benzene rings is 1. The molecular weight excluding hydrogens is 297 g/mol. The number of halogens is 2. The van der Waals surface area contributed by atoms with Crippen molar-refractivity contribution in [2.75, 3.05) is 6.54 Å². The Morgan fingerprint density at radius 1 is 1.33 bits per heavy atom. The lowest BCUT2D eigenvalue weighted by Gasteiger charge is -2.13. The third-order valence-corrected chi connectivity index (χ3v) is 3.22. The van der Waals surface area contributed by atoms with Gasteiger partial charge in [0.05, 0.1) is 6.42 Å². The van der Waals surface area contributed by atoms with Gasteiger partial charge in [0.25, 0.3) is 0 Å². The van der Waals surface area contributed by atoms with Crippen molar-refractivity contribution >= 4 is 21.8 Å². The van der Waals surface area contributed by atoms with Gasteiger partial charge in [-0.3, -0.25) is 4.79 Å². The standard InChI is InChI=1S/C14H19BrFNO/c1-10(2)7-12(15)9-17-14(18)8-11-3-5-13(16)6-4-11/h3-6,10,12H,7-9H2,1-2H3,(H,17,18). The maximum Gasteiger partial charge on any atom is 0.224 e. The maximum atomic E-state index is 12.7. The summed E-state index contributed by atoms with van der Waals surface area (Å²) in [6.45, 7) is 4.92. The lowest BCUT2D eigenvalue weighted by Crippen LogP contribution is -2.31. The molecule has 1 aromatic rings. The molecule has 0 bridgehead atoms. The predicted molar refractivity (Wildman–Crippen MR) is 75.3 cm³/mol. The molecule has 1 rings (SSSR count). The lowest BCUT2D eigenvalue weighted by molar-refractivity contribution is -0.120. The highest BCUT2D eigenvalue weighted by atomic mass is 79.9. The van der Waals surface area contributed by atoms with E-state index in [2.05, 4.69) is 35.1 Å². The monoisotopic (exact) mass is 315 g/mol. The average molecular weight is 316 g/mol. The molecule has 0 radical (unpaired) electrons. The van der Waals surface area contributed by atoms with E-state index in [4.69, 9.17) is 0 Å². The SMILES string of the molecule is CC(C)CC(Br)CNC(=O)Cc1ccc(F)cc1. The van der Waals surface area contributed by atoms with Crippen LogP contribution in [0.4, 0.5) is 4.39 Å². The van der Waals surface area contributed by atoms with Crippen LogP contribution in [0.15, 0.2) is 24.3 Å². The van der Waals surface area contributed by atoms with Crippen molar-refractivity contribution in [3.05, 3.63) is 35.6 Å². The zero-order chi connectivity index (χ0) is 13.5. The van der Waals surface area contributed by atoms with Crippen molar-refractivity contribution < 1.29 is 9.18 Å². The molecule has 1 atom stereocenters. The van der Waals surface area contributed by atoms with Crippen LogP contribution in [0.5, 0.6) is 0 Å². The molecule has 1 N–H and O–H groups in total. The van der Waals surface area contributed by atoms with Gasteiger partial charge in [-0.2, -0.15) is 0 Å². The van der Waals surface area contributed by atoms with Crippen LogP contribution < -0.4 is 5.32 Å². The first-order valence-electron chi connectivity index (χ1n) is 6.12. The second-order valence-corrected chi connectivity index (χ2v) is 6.13. The van der Waals surface area contributed by atoms with E-state index in [0.29, 0.717) is 23.7 Å². The van der Waals surface area contributed by atoms with Crippen LogP contribution in [0.1, 0.15) is 25.8 Å². The minimum atomic E-state index is -0.281. The Bertz CT molecular complexity index is 378. The van der Waals surface area contributed by atoms with E-state index in [1.165, 1.54) is 12.1 Å². The largest absolute Gasteiger partial charge is 0.355 e. The molecule has 0 fully saturated rings. The number of carbonyl (C=O) groups is 1. The molecule has 4 heteroatoms. The van der Waals surface area contributed by atoms with Crippen LogP contribution in [0.2, 0.25) is 0 Å². The Balaban J connectivity index is 2.31. The summed E-state index contributed by atoms with van der Waals surface area (Å²) < 4.78 is 12.7. The number of hydrogen-bond donors (Lipinski definition) is 1. The highest BCUT2D eigenvalue weighted by Crippen LogP contribution is 2.11.